The van der Waals surface area contributed by atoms with Gasteiger partial charge in [0.15, 0.2) is 0 Å². The Morgan fingerprint density at radius 2 is 1.88 bits per heavy atom. The van der Waals surface area contributed by atoms with Crippen molar-refractivity contribution in [2.24, 2.45) is 5.73 Å². The van der Waals surface area contributed by atoms with Crippen molar-refractivity contribution < 1.29 is 4.79 Å². The van der Waals surface area contributed by atoms with E-state index in [1.54, 1.807) is 0 Å². The number of aromatic nitrogens is 2. The van der Waals surface area contributed by atoms with Crippen molar-refractivity contribution in [2.75, 3.05) is 0 Å². The standard InChI is InChI=1S/C9H10N2.C2H6.CH3NO/c1-6-3-4-8-9(5-6)11-7(2)10-8;1-2;2-1-3/h3-5H,1-2H3,(H,10,11);1-2H3;1H,(H2,2,3). The molecule has 0 saturated heterocycles. The molecule has 1 heterocycles. The van der Waals surface area contributed by atoms with Crippen LogP contribution in [-0.2, 0) is 4.79 Å². The number of rotatable bonds is 0. The maximum Gasteiger partial charge on any atom is 0.204 e. The van der Waals surface area contributed by atoms with Gasteiger partial charge in [0.2, 0.25) is 6.41 Å². The number of hydrogen-bond donors (Lipinski definition) is 2. The van der Waals surface area contributed by atoms with Crippen molar-refractivity contribution in [1.82, 2.24) is 9.97 Å². The fourth-order valence-electron chi connectivity index (χ4n) is 1.25. The number of amides is 1. The SMILES string of the molecule is CC.Cc1ccc2nc(C)[nH]c2c1.NC=O. The normalized spacial score (nSPS) is 8.50. The summed E-state index contributed by atoms with van der Waals surface area (Å²) in [6, 6.07) is 6.21. The summed E-state index contributed by atoms with van der Waals surface area (Å²) >= 11 is 0. The molecule has 2 aromatic rings. The molecule has 0 spiro atoms. The molecule has 0 aliphatic carbocycles. The molecular weight excluding hydrogens is 202 g/mol. The molecular formula is C12H19N3O. The summed E-state index contributed by atoms with van der Waals surface area (Å²) in [5.41, 5.74) is 7.61. The number of fused-ring (bicyclic) bond motifs is 1. The van der Waals surface area contributed by atoms with Crippen LogP contribution in [0.15, 0.2) is 18.2 Å². The fraction of sp³-hybridized carbons (Fsp3) is 0.333. The zero-order valence-electron chi connectivity index (χ0n) is 10.2. The van der Waals surface area contributed by atoms with E-state index in [1.165, 1.54) is 5.56 Å². The highest BCUT2D eigenvalue weighted by Crippen LogP contribution is 2.12. The number of nitrogens with zero attached hydrogens (tertiary/aromatic N) is 1. The number of carbonyl (C=O) groups excluding carboxylic acids is 1. The Bertz CT molecular complexity index is 435. The maximum atomic E-state index is 8.58. The van der Waals surface area contributed by atoms with Gasteiger partial charge in [-0.3, -0.25) is 4.79 Å². The molecule has 0 unspecified atom stereocenters. The van der Waals surface area contributed by atoms with E-state index in [2.05, 4.69) is 34.8 Å². The highest BCUT2D eigenvalue weighted by Gasteiger charge is 1.96. The molecule has 1 aromatic carbocycles. The zero-order chi connectivity index (χ0) is 12.6. The first-order valence-corrected chi connectivity index (χ1v) is 5.25. The predicted molar refractivity (Wildman–Crippen MR) is 67.2 cm³/mol. The van der Waals surface area contributed by atoms with Gasteiger partial charge in [-0.1, -0.05) is 19.9 Å². The molecule has 4 heteroatoms. The molecule has 0 atom stereocenters. The van der Waals surface area contributed by atoms with E-state index in [1.807, 2.05) is 26.8 Å². The third-order valence-electron chi connectivity index (χ3n) is 1.76. The molecule has 0 bridgehead atoms. The molecule has 0 aliphatic rings. The lowest BCUT2D eigenvalue weighted by Gasteiger charge is -1.89. The van der Waals surface area contributed by atoms with Gasteiger partial charge in [-0.15, -0.1) is 0 Å². The van der Waals surface area contributed by atoms with E-state index < -0.39 is 0 Å². The molecule has 4 nitrogen and oxygen atoms in total. The van der Waals surface area contributed by atoms with Crippen molar-refractivity contribution in [3.05, 3.63) is 29.6 Å². The van der Waals surface area contributed by atoms with Crippen molar-refractivity contribution in [1.29, 1.82) is 0 Å². The number of hydrogen-bond acceptors (Lipinski definition) is 2. The number of aryl methyl sites for hydroxylation is 2. The molecule has 0 saturated carbocycles. The van der Waals surface area contributed by atoms with Crippen LogP contribution >= 0.6 is 0 Å². The van der Waals surface area contributed by atoms with E-state index in [-0.39, 0.29) is 6.41 Å². The minimum Gasteiger partial charge on any atom is -0.372 e. The monoisotopic (exact) mass is 221 g/mol. The van der Waals surface area contributed by atoms with Gasteiger partial charge in [0.05, 0.1) is 11.0 Å². The van der Waals surface area contributed by atoms with Crippen LogP contribution in [0.1, 0.15) is 25.2 Å². The average molecular weight is 221 g/mol. The first-order valence-electron chi connectivity index (χ1n) is 5.25. The smallest absolute Gasteiger partial charge is 0.204 e. The Balaban J connectivity index is 0.000000394. The van der Waals surface area contributed by atoms with E-state index >= 15 is 0 Å². The zero-order valence-corrected chi connectivity index (χ0v) is 10.2. The van der Waals surface area contributed by atoms with E-state index in [0.717, 1.165) is 16.9 Å². The summed E-state index contributed by atoms with van der Waals surface area (Å²) in [7, 11) is 0. The van der Waals surface area contributed by atoms with Crippen LogP contribution in [0.3, 0.4) is 0 Å². The van der Waals surface area contributed by atoms with Gasteiger partial charge in [-0.2, -0.15) is 0 Å². The van der Waals surface area contributed by atoms with Crippen molar-refractivity contribution >= 4 is 17.4 Å². The van der Waals surface area contributed by atoms with Crippen LogP contribution in [0.25, 0.3) is 11.0 Å². The van der Waals surface area contributed by atoms with Crippen LogP contribution in [0, 0.1) is 13.8 Å². The number of benzene rings is 1. The molecule has 0 fully saturated rings. The number of carbonyl (C=O) groups is 1. The Morgan fingerprint density at radius 3 is 2.44 bits per heavy atom. The maximum absolute atomic E-state index is 8.58. The summed E-state index contributed by atoms with van der Waals surface area (Å²) < 4.78 is 0. The Labute approximate surface area is 95.9 Å². The van der Waals surface area contributed by atoms with E-state index in [4.69, 9.17) is 4.79 Å². The van der Waals surface area contributed by atoms with Gasteiger partial charge in [0.1, 0.15) is 5.82 Å². The first-order chi connectivity index (χ1) is 7.67. The lowest BCUT2D eigenvalue weighted by atomic mass is 10.2. The van der Waals surface area contributed by atoms with Crippen LogP contribution in [-0.4, -0.2) is 16.4 Å². The van der Waals surface area contributed by atoms with Crippen molar-refractivity contribution in [3.63, 3.8) is 0 Å². The second-order valence-corrected chi connectivity index (χ2v) is 2.98. The molecule has 0 radical (unpaired) electrons. The number of imidazole rings is 1. The Hall–Kier alpha value is -1.84. The Kier molecular flexibility index (Phi) is 6.59. The highest BCUT2D eigenvalue weighted by atomic mass is 16.1. The van der Waals surface area contributed by atoms with Crippen LogP contribution in [0.2, 0.25) is 0 Å². The summed E-state index contributed by atoms with van der Waals surface area (Å²) in [4.78, 5) is 16.1. The molecule has 2 rings (SSSR count). The second-order valence-electron chi connectivity index (χ2n) is 2.98. The minimum atomic E-state index is 0.250. The number of primary amides is 1. The highest BCUT2D eigenvalue weighted by molar-refractivity contribution is 5.75. The van der Waals surface area contributed by atoms with Gasteiger partial charge in [0, 0.05) is 0 Å². The van der Waals surface area contributed by atoms with Crippen LogP contribution in [0.4, 0.5) is 0 Å². The van der Waals surface area contributed by atoms with Crippen molar-refractivity contribution in [3.8, 4) is 0 Å². The van der Waals surface area contributed by atoms with Crippen LogP contribution in [0.5, 0.6) is 0 Å². The molecule has 1 aromatic heterocycles. The summed E-state index contributed by atoms with van der Waals surface area (Å²) in [6.45, 7) is 8.05. The average Bonchev–Trinajstić information content (AvgIpc) is 2.61. The molecule has 0 aliphatic heterocycles. The quantitative estimate of drug-likeness (QED) is 0.670. The molecule has 3 N–H and O–H groups in total. The van der Waals surface area contributed by atoms with E-state index in [9.17, 15) is 0 Å². The summed E-state index contributed by atoms with van der Waals surface area (Å²) in [5, 5.41) is 0. The topological polar surface area (TPSA) is 71.8 Å². The first kappa shape index (κ1) is 14.2. The van der Waals surface area contributed by atoms with Gasteiger partial charge >= 0.3 is 0 Å². The second kappa shape index (κ2) is 7.45. The number of nitrogens with two attached hydrogens (primary N) is 1. The molecule has 88 valence electrons. The minimum absolute atomic E-state index is 0.250. The lowest BCUT2D eigenvalue weighted by Crippen LogP contribution is -1.82. The number of aromatic amines is 1. The fourth-order valence-corrected chi connectivity index (χ4v) is 1.25. The van der Waals surface area contributed by atoms with E-state index in [0.29, 0.717) is 0 Å². The van der Waals surface area contributed by atoms with Gasteiger partial charge < -0.3 is 10.7 Å². The molecule has 16 heavy (non-hydrogen) atoms. The van der Waals surface area contributed by atoms with Crippen LogP contribution < -0.4 is 5.73 Å². The third kappa shape index (κ3) is 4.13. The van der Waals surface area contributed by atoms with Crippen molar-refractivity contribution in [2.45, 2.75) is 27.7 Å². The molecule has 1 amide bonds. The Morgan fingerprint density at radius 1 is 1.31 bits per heavy atom. The summed E-state index contributed by atoms with van der Waals surface area (Å²) in [6.07, 6.45) is 0.250. The van der Waals surface area contributed by atoms with Gasteiger partial charge in [0.25, 0.3) is 0 Å². The number of nitrogens with one attached hydrogen (secondary N) is 1. The number of H-pyrrole nitrogens is 1. The summed E-state index contributed by atoms with van der Waals surface area (Å²) in [5.74, 6) is 0.977. The lowest BCUT2D eigenvalue weighted by molar-refractivity contribution is -0.106. The predicted octanol–water partition coefficient (Wildman–Crippen LogP) is 2.31. The largest absolute Gasteiger partial charge is 0.372 e. The van der Waals surface area contributed by atoms with Gasteiger partial charge in [-0.25, -0.2) is 4.98 Å². The van der Waals surface area contributed by atoms with Gasteiger partial charge in [-0.05, 0) is 31.5 Å². The third-order valence-corrected chi connectivity index (χ3v) is 1.76.